The molecule has 122 valence electrons. The number of benzene rings is 2. The van der Waals surface area contributed by atoms with E-state index in [0.29, 0.717) is 22.3 Å². The Morgan fingerprint density at radius 2 is 1.74 bits per heavy atom. The molecule has 0 bridgehead atoms. The quantitative estimate of drug-likeness (QED) is 0.756. The Balaban J connectivity index is 1.94. The van der Waals surface area contributed by atoms with E-state index in [-0.39, 0.29) is 5.69 Å². The maximum Gasteiger partial charge on any atom is 0.288 e. The third-order valence-electron chi connectivity index (χ3n) is 2.99. The second kappa shape index (κ2) is 7.92. The van der Waals surface area contributed by atoms with E-state index in [9.17, 15) is 18.0 Å². The van der Waals surface area contributed by atoms with Crippen LogP contribution in [0.1, 0.15) is 6.92 Å². The first-order valence-electron chi connectivity index (χ1n) is 6.82. The van der Waals surface area contributed by atoms with Crippen molar-refractivity contribution in [3.05, 3.63) is 54.3 Å². The number of rotatable bonds is 6. The number of carbonyl (C=O) groups is 1. The molecule has 0 saturated carbocycles. The van der Waals surface area contributed by atoms with Crippen molar-refractivity contribution in [1.82, 2.24) is 0 Å². The first-order chi connectivity index (χ1) is 11.0. The Morgan fingerprint density at radius 1 is 1.09 bits per heavy atom. The van der Waals surface area contributed by atoms with Crippen LogP contribution in [0.4, 0.5) is 24.5 Å². The molecular formula is C16H15F3N2OS. The van der Waals surface area contributed by atoms with Gasteiger partial charge in [0.15, 0.2) is 0 Å². The van der Waals surface area contributed by atoms with Crippen LogP contribution in [0.25, 0.3) is 0 Å². The molecule has 7 heteroatoms. The summed E-state index contributed by atoms with van der Waals surface area (Å²) in [4.78, 5) is 12.5. The fraction of sp³-hybridized carbons (Fsp3) is 0.188. The van der Waals surface area contributed by atoms with Gasteiger partial charge in [-0.25, -0.2) is 4.39 Å². The van der Waals surface area contributed by atoms with Crippen molar-refractivity contribution in [3.63, 3.8) is 0 Å². The normalized spacial score (nSPS) is 12.0. The summed E-state index contributed by atoms with van der Waals surface area (Å²) in [7, 11) is 0. The zero-order chi connectivity index (χ0) is 16.8. The molecule has 0 aromatic heterocycles. The lowest BCUT2D eigenvalue weighted by molar-refractivity contribution is -0.116. The number of carbonyl (C=O) groups excluding carboxylic acids is 1. The van der Waals surface area contributed by atoms with E-state index in [1.54, 1.807) is 37.3 Å². The van der Waals surface area contributed by atoms with Crippen LogP contribution in [0.3, 0.4) is 0 Å². The van der Waals surface area contributed by atoms with Gasteiger partial charge in [-0.2, -0.15) is 8.78 Å². The topological polar surface area (TPSA) is 41.1 Å². The second-order valence-electron chi connectivity index (χ2n) is 4.74. The predicted molar refractivity (Wildman–Crippen MR) is 86.4 cm³/mol. The molecule has 3 nitrogen and oxygen atoms in total. The van der Waals surface area contributed by atoms with E-state index in [1.807, 2.05) is 0 Å². The minimum absolute atomic E-state index is 0.106. The average Bonchev–Trinajstić information content (AvgIpc) is 2.51. The fourth-order valence-electron chi connectivity index (χ4n) is 1.85. The van der Waals surface area contributed by atoms with Gasteiger partial charge in [0, 0.05) is 10.6 Å². The third kappa shape index (κ3) is 5.21. The molecular weight excluding hydrogens is 325 g/mol. The van der Waals surface area contributed by atoms with E-state index in [0.717, 1.165) is 0 Å². The number of hydrogen-bond acceptors (Lipinski definition) is 3. The number of hydrogen-bond donors (Lipinski definition) is 2. The van der Waals surface area contributed by atoms with Crippen LogP contribution >= 0.6 is 11.8 Å². The molecule has 0 unspecified atom stereocenters. The van der Waals surface area contributed by atoms with Crippen LogP contribution in [-0.2, 0) is 4.79 Å². The summed E-state index contributed by atoms with van der Waals surface area (Å²) in [5.74, 6) is -3.39. The lowest BCUT2D eigenvalue weighted by Gasteiger charge is -2.16. The number of thioether (sulfide) groups is 1. The molecule has 1 amide bonds. The van der Waals surface area contributed by atoms with Crippen molar-refractivity contribution in [3.8, 4) is 0 Å². The van der Waals surface area contributed by atoms with Gasteiger partial charge in [0.2, 0.25) is 5.91 Å². The highest BCUT2D eigenvalue weighted by Crippen LogP contribution is 2.26. The number of anilines is 2. The molecule has 0 radical (unpaired) electrons. The minimum Gasteiger partial charge on any atom is -0.374 e. The summed E-state index contributed by atoms with van der Waals surface area (Å²) in [5, 5.41) is 5.42. The fourth-order valence-corrected chi connectivity index (χ4v) is 2.35. The van der Waals surface area contributed by atoms with Gasteiger partial charge in [-0.15, -0.1) is 0 Å². The highest BCUT2D eigenvalue weighted by molar-refractivity contribution is 7.99. The molecule has 2 rings (SSSR count). The Labute approximate surface area is 136 Å². The molecule has 23 heavy (non-hydrogen) atoms. The molecule has 0 aliphatic carbocycles. The van der Waals surface area contributed by atoms with Gasteiger partial charge in [0.25, 0.3) is 5.76 Å². The van der Waals surface area contributed by atoms with Crippen molar-refractivity contribution >= 4 is 29.0 Å². The Morgan fingerprint density at radius 3 is 2.35 bits per heavy atom. The van der Waals surface area contributed by atoms with Crippen LogP contribution in [0.5, 0.6) is 0 Å². The SMILES string of the molecule is C[C@H](Nc1ccc(SC(F)F)cc1)C(=O)Nc1ccccc1F. The summed E-state index contributed by atoms with van der Waals surface area (Å²) >= 11 is 0.454. The summed E-state index contributed by atoms with van der Waals surface area (Å²) in [6, 6.07) is 11.6. The summed E-state index contributed by atoms with van der Waals surface area (Å²) in [6.07, 6.45) is 0. The third-order valence-corrected chi connectivity index (χ3v) is 3.71. The molecule has 1 atom stereocenters. The van der Waals surface area contributed by atoms with Crippen LogP contribution < -0.4 is 10.6 Å². The van der Waals surface area contributed by atoms with Gasteiger partial charge in [-0.1, -0.05) is 23.9 Å². The molecule has 0 saturated heterocycles. The Hall–Kier alpha value is -2.15. The highest BCUT2D eigenvalue weighted by Gasteiger charge is 2.14. The average molecular weight is 340 g/mol. The van der Waals surface area contributed by atoms with Gasteiger partial charge in [0.05, 0.1) is 5.69 Å². The second-order valence-corrected chi connectivity index (χ2v) is 5.80. The zero-order valence-electron chi connectivity index (χ0n) is 12.2. The summed E-state index contributed by atoms with van der Waals surface area (Å²) in [5.41, 5.74) is 0.717. The lowest BCUT2D eigenvalue weighted by atomic mass is 10.2. The maximum atomic E-state index is 13.5. The van der Waals surface area contributed by atoms with Crippen LogP contribution in [-0.4, -0.2) is 17.7 Å². The van der Waals surface area contributed by atoms with Crippen molar-refractivity contribution in [2.45, 2.75) is 23.6 Å². The molecule has 2 aromatic rings. The van der Waals surface area contributed by atoms with Crippen LogP contribution in [0.15, 0.2) is 53.4 Å². The first kappa shape index (κ1) is 17.2. The highest BCUT2D eigenvalue weighted by atomic mass is 32.2. The minimum atomic E-state index is -2.47. The lowest BCUT2D eigenvalue weighted by Crippen LogP contribution is -2.32. The standard InChI is InChI=1S/C16H15F3N2OS/c1-10(15(22)21-14-5-3-2-4-13(14)17)20-11-6-8-12(9-7-11)23-16(18)19/h2-10,16,20H,1H3,(H,21,22)/t10-/m0/s1. The van der Waals surface area contributed by atoms with Gasteiger partial charge >= 0.3 is 0 Å². The van der Waals surface area contributed by atoms with Gasteiger partial charge in [-0.3, -0.25) is 4.79 Å². The van der Waals surface area contributed by atoms with E-state index in [1.165, 1.54) is 18.2 Å². The molecule has 2 aromatic carbocycles. The molecule has 0 heterocycles. The molecule has 0 fully saturated rings. The van der Waals surface area contributed by atoms with Crippen LogP contribution in [0, 0.1) is 5.82 Å². The van der Waals surface area contributed by atoms with E-state index < -0.39 is 23.5 Å². The van der Waals surface area contributed by atoms with Crippen LogP contribution in [0.2, 0.25) is 0 Å². The van der Waals surface area contributed by atoms with Gasteiger partial charge < -0.3 is 10.6 Å². The molecule has 0 aliphatic heterocycles. The Bertz CT molecular complexity index is 665. The van der Waals surface area contributed by atoms with Crippen molar-refractivity contribution in [2.75, 3.05) is 10.6 Å². The largest absolute Gasteiger partial charge is 0.374 e. The number of nitrogens with one attached hydrogen (secondary N) is 2. The van der Waals surface area contributed by atoms with Gasteiger partial charge in [-0.05, 0) is 43.3 Å². The number of amides is 1. The summed E-state index contributed by atoms with van der Waals surface area (Å²) < 4.78 is 38.0. The number of alkyl halides is 2. The maximum absolute atomic E-state index is 13.5. The van der Waals surface area contributed by atoms with E-state index >= 15 is 0 Å². The number of para-hydroxylation sites is 1. The smallest absolute Gasteiger partial charge is 0.288 e. The molecule has 0 aliphatic rings. The van der Waals surface area contributed by atoms with Crippen molar-refractivity contribution in [2.24, 2.45) is 0 Å². The van der Waals surface area contributed by atoms with E-state index in [2.05, 4.69) is 10.6 Å². The van der Waals surface area contributed by atoms with Crippen molar-refractivity contribution in [1.29, 1.82) is 0 Å². The predicted octanol–water partition coefficient (Wildman–Crippen LogP) is 4.58. The monoisotopic (exact) mass is 340 g/mol. The van der Waals surface area contributed by atoms with E-state index in [4.69, 9.17) is 0 Å². The first-order valence-corrected chi connectivity index (χ1v) is 7.70. The summed E-state index contributed by atoms with van der Waals surface area (Å²) in [6.45, 7) is 1.62. The van der Waals surface area contributed by atoms with Crippen molar-refractivity contribution < 1.29 is 18.0 Å². The molecule has 0 spiro atoms. The molecule has 2 N–H and O–H groups in total. The Kier molecular flexibility index (Phi) is 5.92. The zero-order valence-corrected chi connectivity index (χ0v) is 13.0. The number of halogens is 3. The van der Waals surface area contributed by atoms with Gasteiger partial charge in [0.1, 0.15) is 11.9 Å².